The average Bonchev–Trinajstić information content (AvgIpc) is 2.85. The molecule has 1 unspecified atom stereocenters. The summed E-state index contributed by atoms with van der Waals surface area (Å²) in [5.74, 6) is 0.261. The number of nitrogens with two attached hydrogens (primary N) is 1. The van der Waals surface area contributed by atoms with E-state index in [0.29, 0.717) is 60.8 Å². The van der Waals surface area contributed by atoms with Crippen molar-refractivity contribution >= 4 is 17.2 Å². The highest BCUT2D eigenvalue weighted by atomic mass is 16.6. The number of anilines is 1. The van der Waals surface area contributed by atoms with Crippen molar-refractivity contribution in [3.05, 3.63) is 80.8 Å². The summed E-state index contributed by atoms with van der Waals surface area (Å²) in [4.78, 5) is 26.2. The molecule has 0 saturated heterocycles. The molecule has 1 aliphatic heterocycles. The smallest absolute Gasteiger partial charge is 0.293 e. The Kier molecular flexibility index (Phi) is 6.73. The van der Waals surface area contributed by atoms with Crippen molar-refractivity contribution < 1.29 is 19.2 Å². The Hall–Kier alpha value is -4.32. The van der Waals surface area contributed by atoms with E-state index in [-0.39, 0.29) is 28.6 Å². The minimum absolute atomic E-state index is 0.0597. The Labute approximate surface area is 203 Å². The van der Waals surface area contributed by atoms with Crippen LogP contribution in [0.3, 0.4) is 0 Å². The first-order valence-corrected chi connectivity index (χ1v) is 11.5. The van der Waals surface area contributed by atoms with E-state index in [2.05, 4.69) is 6.07 Å². The second-order valence-electron chi connectivity index (χ2n) is 8.13. The number of carbonyl (C=O) groups excluding carboxylic acids is 1. The Bertz CT molecular complexity index is 1290. The summed E-state index contributed by atoms with van der Waals surface area (Å²) in [6, 6.07) is 13.7. The molecular weight excluding hydrogens is 448 g/mol. The summed E-state index contributed by atoms with van der Waals surface area (Å²) in [5.41, 5.74) is 8.35. The number of nitrogens with zero attached hydrogens (tertiary/aromatic N) is 3. The van der Waals surface area contributed by atoms with Gasteiger partial charge in [0.1, 0.15) is 23.0 Å². The maximum atomic E-state index is 13.4. The zero-order valence-electron chi connectivity index (χ0n) is 19.6. The molecule has 180 valence electrons. The first-order chi connectivity index (χ1) is 16.9. The van der Waals surface area contributed by atoms with Crippen LogP contribution in [0.15, 0.2) is 65.1 Å². The lowest BCUT2D eigenvalue weighted by atomic mass is 9.75. The lowest BCUT2D eigenvalue weighted by Crippen LogP contribution is -2.39. The summed E-state index contributed by atoms with van der Waals surface area (Å²) in [6.07, 6.45) is 1.37. The van der Waals surface area contributed by atoms with E-state index >= 15 is 0 Å². The number of hydrogen-bond acceptors (Lipinski definition) is 8. The molecule has 0 bridgehead atoms. The van der Waals surface area contributed by atoms with Gasteiger partial charge in [0.2, 0.25) is 0 Å². The number of nitro groups is 1. The molecule has 0 spiro atoms. The molecule has 35 heavy (non-hydrogen) atoms. The minimum atomic E-state index is -0.774. The average molecular weight is 475 g/mol. The van der Waals surface area contributed by atoms with Gasteiger partial charge in [0.15, 0.2) is 5.78 Å². The Morgan fingerprint density at radius 3 is 2.60 bits per heavy atom. The molecule has 1 atom stereocenters. The molecule has 0 aromatic heterocycles. The largest absolute Gasteiger partial charge is 0.494 e. The lowest BCUT2D eigenvalue weighted by Gasteiger charge is -2.39. The van der Waals surface area contributed by atoms with Crippen LogP contribution in [0.4, 0.5) is 11.4 Å². The third kappa shape index (κ3) is 4.19. The zero-order chi connectivity index (χ0) is 25.1. The van der Waals surface area contributed by atoms with Crippen LogP contribution in [0.1, 0.15) is 44.6 Å². The molecule has 2 aromatic rings. The topological polar surface area (TPSA) is 132 Å². The van der Waals surface area contributed by atoms with Gasteiger partial charge in [-0.3, -0.25) is 19.8 Å². The molecule has 9 nitrogen and oxygen atoms in total. The van der Waals surface area contributed by atoms with Gasteiger partial charge < -0.3 is 15.2 Å². The van der Waals surface area contributed by atoms with E-state index in [4.69, 9.17) is 15.2 Å². The van der Waals surface area contributed by atoms with Gasteiger partial charge in [0.25, 0.3) is 5.69 Å². The van der Waals surface area contributed by atoms with Crippen molar-refractivity contribution in [1.29, 1.82) is 5.26 Å². The number of ether oxygens (including phenoxy) is 2. The van der Waals surface area contributed by atoms with Crippen LogP contribution in [-0.4, -0.2) is 23.9 Å². The molecule has 4 rings (SSSR count). The second kappa shape index (κ2) is 9.89. The van der Waals surface area contributed by atoms with Crippen LogP contribution < -0.4 is 20.1 Å². The molecule has 2 aliphatic rings. The van der Waals surface area contributed by atoms with Gasteiger partial charge in [-0.05, 0) is 51.0 Å². The number of nitriles is 1. The van der Waals surface area contributed by atoms with E-state index in [9.17, 15) is 20.2 Å². The van der Waals surface area contributed by atoms with E-state index < -0.39 is 10.8 Å². The van der Waals surface area contributed by atoms with Crippen molar-refractivity contribution in [3.63, 3.8) is 0 Å². The first-order valence-electron chi connectivity index (χ1n) is 11.5. The number of ketones is 1. The van der Waals surface area contributed by atoms with Crippen LogP contribution in [0.2, 0.25) is 0 Å². The summed E-state index contributed by atoms with van der Waals surface area (Å²) < 4.78 is 11.6. The molecular formula is C26H26N4O5. The number of benzene rings is 2. The summed E-state index contributed by atoms with van der Waals surface area (Å²) in [7, 11) is 0. The van der Waals surface area contributed by atoms with Crippen molar-refractivity contribution in [2.45, 2.75) is 39.0 Å². The number of allylic oxidation sites excluding steroid dienone is 3. The normalized spacial score (nSPS) is 17.7. The molecule has 2 aromatic carbocycles. The van der Waals surface area contributed by atoms with Gasteiger partial charge in [-0.15, -0.1) is 0 Å². The highest BCUT2D eigenvalue weighted by molar-refractivity contribution is 6.01. The minimum Gasteiger partial charge on any atom is -0.494 e. The predicted molar refractivity (Wildman–Crippen MR) is 130 cm³/mol. The molecule has 1 aliphatic carbocycles. The predicted octanol–water partition coefficient (Wildman–Crippen LogP) is 4.70. The molecule has 1 heterocycles. The van der Waals surface area contributed by atoms with Crippen molar-refractivity contribution in [3.8, 4) is 17.6 Å². The SMILES string of the molecule is CCOc1ccc(OCC)c(C2C(C#N)=C(N)N(c3ccccc3[N+](=O)[O-])C3=C2C(=O)CCC3)c1. The fraction of sp³-hybridized carbons (Fsp3) is 0.308. The molecule has 0 radical (unpaired) electrons. The van der Waals surface area contributed by atoms with Gasteiger partial charge in [-0.25, -0.2) is 0 Å². The molecule has 2 N–H and O–H groups in total. The highest BCUT2D eigenvalue weighted by Crippen LogP contribution is 2.50. The van der Waals surface area contributed by atoms with E-state index in [1.165, 1.54) is 11.0 Å². The molecule has 0 saturated carbocycles. The highest BCUT2D eigenvalue weighted by Gasteiger charge is 2.42. The third-order valence-corrected chi connectivity index (χ3v) is 6.14. The summed E-state index contributed by atoms with van der Waals surface area (Å²) >= 11 is 0. The lowest BCUT2D eigenvalue weighted by molar-refractivity contribution is -0.384. The third-order valence-electron chi connectivity index (χ3n) is 6.14. The number of para-hydroxylation sites is 2. The van der Waals surface area contributed by atoms with Crippen molar-refractivity contribution in [2.75, 3.05) is 18.1 Å². The fourth-order valence-corrected chi connectivity index (χ4v) is 4.78. The van der Waals surface area contributed by atoms with E-state index in [0.717, 1.165) is 0 Å². The summed E-state index contributed by atoms with van der Waals surface area (Å²) in [5, 5.41) is 22.0. The Balaban J connectivity index is 2.01. The standard InChI is InChI=1S/C26H26N4O5/c1-3-34-16-12-13-23(35-4-2)17(14-16)24-18(15-27)26(28)29(21-10-7-11-22(31)25(21)24)19-8-5-6-9-20(19)30(32)33/h5-6,8-9,12-14,24H,3-4,7,10-11,28H2,1-2H3. The quantitative estimate of drug-likeness (QED) is 0.451. The number of hydrogen-bond donors (Lipinski definition) is 1. The van der Waals surface area contributed by atoms with Crippen molar-refractivity contribution in [2.24, 2.45) is 5.73 Å². The van der Waals surface area contributed by atoms with Gasteiger partial charge in [-0.1, -0.05) is 12.1 Å². The monoisotopic (exact) mass is 474 g/mol. The second-order valence-corrected chi connectivity index (χ2v) is 8.13. The van der Waals surface area contributed by atoms with Crippen molar-refractivity contribution in [1.82, 2.24) is 0 Å². The van der Waals surface area contributed by atoms with Crippen LogP contribution >= 0.6 is 0 Å². The van der Waals surface area contributed by atoms with Crippen LogP contribution in [0, 0.1) is 21.4 Å². The Morgan fingerprint density at radius 2 is 1.91 bits per heavy atom. The molecule has 9 heteroatoms. The maximum absolute atomic E-state index is 13.4. The fourth-order valence-electron chi connectivity index (χ4n) is 4.78. The number of Topliss-reactive ketones (excluding diaryl/α,β-unsaturated/α-hetero) is 1. The van der Waals surface area contributed by atoms with E-state index in [1.54, 1.807) is 36.4 Å². The van der Waals surface area contributed by atoms with Gasteiger partial charge in [0.05, 0.1) is 35.7 Å². The summed E-state index contributed by atoms with van der Waals surface area (Å²) in [6.45, 7) is 4.55. The Morgan fingerprint density at radius 1 is 1.17 bits per heavy atom. The number of carbonyl (C=O) groups is 1. The number of rotatable bonds is 7. The number of nitro benzene ring substituents is 1. The van der Waals surface area contributed by atoms with Crippen LogP contribution in [0.5, 0.6) is 11.5 Å². The maximum Gasteiger partial charge on any atom is 0.293 e. The van der Waals surface area contributed by atoms with Gasteiger partial charge in [0, 0.05) is 29.3 Å². The van der Waals surface area contributed by atoms with Gasteiger partial charge in [-0.2, -0.15) is 5.26 Å². The molecule has 0 amide bonds. The first kappa shape index (κ1) is 23.8. The van der Waals surface area contributed by atoms with E-state index in [1.807, 2.05) is 13.8 Å². The zero-order valence-corrected chi connectivity index (χ0v) is 19.6. The van der Waals surface area contributed by atoms with Crippen LogP contribution in [0.25, 0.3) is 0 Å². The van der Waals surface area contributed by atoms with Gasteiger partial charge >= 0.3 is 0 Å². The van der Waals surface area contributed by atoms with Crippen LogP contribution in [-0.2, 0) is 4.79 Å². The molecule has 0 fully saturated rings.